The number of aromatic nitrogens is 3. The maximum atomic E-state index is 12.3. The van der Waals surface area contributed by atoms with Crippen LogP contribution in [0.1, 0.15) is 33.7 Å². The minimum atomic E-state index is -0.455. The molecule has 0 saturated heterocycles. The first kappa shape index (κ1) is 20.6. The van der Waals surface area contributed by atoms with Crippen LogP contribution >= 0.6 is 39.0 Å². The van der Waals surface area contributed by atoms with Crippen molar-refractivity contribution in [1.29, 1.82) is 0 Å². The van der Waals surface area contributed by atoms with Gasteiger partial charge in [0.15, 0.2) is 0 Å². The highest BCUT2D eigenvalue weighted by Crippen LogP contribution is 2.26. The van der Waals surface area contributed by atoms with Crippen molar-refractivity contribution in [1.82, 2.24) is 25.8 Å². The first-order valence-electron chi connectivity index (χ1n) is 8.31. The van der Waals surface area contributed by atoms with Crippen molar-refractivity contribution in [3.05, 3.63) is 49.0 Å². The van der Waals surface area contributed by atoms with Gasteiger partial charge in [0.2, 0.25) is 0 Å². The van der Waals surface area contributed by atoms with Gasteiger partial charge in [0, 0.05) is 15.5 Å². The molecule has 0 saturated carbocycles. The number of nitrogens with zero attached hydrogens (tertiary/aromatic N) is 1. The monoisotopic (exact) mass is 483 g/mol. The number of H-pyrrole nitrogens is 2. The molecule has 2 amide bonds. The maximum Gasteiger partial charge on any atom is 0.286 e. The van der Waals surface area contributed by atoms with Gasteiger partial charge < -0.3 is 9.97 Å². The average Bonchev–Trinajstić information content (AvgIpc) is 3.21. The van der Waals surface area contributed by atoms with Gasteiger partial charge >= 0.3 is 0 Å². The van der Waals surface area contributed by atoms with Crippen LogP contribution in [-0.2, 0) is 10.5 Å². The van der Waals surface area contributed by atoms with E-state index in [0.717, 1.165) is 14.9 Å². The summed E-state index contributed by atoms with van der Waals surface area (Å²) in [5.74, 6) is 0.0859. The second-order valence-corrected chi connectivity index (χ2v) is 9.55. The van der Waals surface area contributed by atoms with E-state index in [9.17, 15) is 14.4 Å². The second-order valence-electron chi connectivity index (χ2n) is 6.10. The third-order valence-electron chi connectivity index (χ3n) is 4.12. The van der Waals surface area contributed by atoms with Crippen LogP contribution < -0.4 is 16.4 Å². The van der Waals surface area contributed by atoms with E-state index in [1.165, 1.54) is 23.1 Å². The molecule has 3 aromatic rings. The SMILES string of the molecule is Cc1sc2nc(CSC(C)C(=O)NNC(=O)c3cc(Br)c[nH]3)[nH]c(=O)c2c1C. The topological polar surface area (TPSA) is 120 Å². The van der Waals surface area contributed by atoms with Gasteiger partial charge in [-0.25, -0.2) is 4.98 Å². The van der Waals surface area contributed by atoms with Crippen LogP contribution in [0.3, 0.4) is 0 Å². The lowest BCUT2D eigenvalue weighted by molar-refractivity contribution is -0.121. The summed E-state index contributed by atoms with van der Waals surface area (Å²) in [5, 5.41) is 0.171. The van der Waals surface area contributed by atoms with E-state index < -0.39 is 11.2 Å². The average molecular weight is 484 g/mol. The fraction of sp³-hybridized carbons (Fsp3) is 0.294. The first-order chi connectivity index (χ1) is 13.3. The summed E-state index contributed by atoms with van der Waals surface area (Å²) in [6.07, 6.45) is 1.62. The number of thiophene rings is 1. The van der Waals surface area contributed by atoms with Crippen LogP contribution in [0, 0.1) is 13.8 Å². The van der Waals surface area contributed by atoms with E-state index in [2.05, 4.69) is 41.7 Å². The molecule has 11 heteroatoms. The summed E-state index contributed by atoms with van der Waals surface area (Å²) in [6.45, 7) is 5.59. The Labute approximate surface area is 177 Å². The largest absolute Gasteiger partial charge is 0.356 e. The van der Waals surface area contributed by atoms with E-state index in [4.69, 9.17) is 0 Å². The zero-order valence-corrected chi connectivity index (χ0v) is 18.5. The Morgan fingerprint density at radius 1 is 1.36 bits per heavy atom. The maximum absolute atomic E-state index is 12.3. The summed E-state index contributed by atoms with van der Waals surface area (Å²) in [6, 6.07) is 1.60. The Morgan fingerprint density at radius 2 is 2.11 bits per heavy atom. The summed E-state index contributed by atoms with van der Waals surface area (Å²) in [4.78, 5) is 48.2. The van der Waals surface area contributed by atoms with Gasteiger partial charge in [0.05, 0.1) is 16.4 Å². The lowest BCUT2D eigenvalue weighted by Crippen LogP contribution is -2.45. The minimum absolute atomic E-state index is 0.163. The summed E-state index contributed by atoms with van der Waals surface area (Å²) in [7, 11) is 0. The zero-order valence-electron chi connectivity index (χ0n) is 15.3. The number of hydrogen-bond donors (Lipinski definition) is 4. The van der Waals surface area contributed by atoms with Crippen molar-refractivity contribution in [2.24, 2.45) is 0 Å². The molecule has 0 aliphatic heterocycles. The molecule has 0 aliphatic carbocycles. The third kappa shape index (κ3) is 4.47. The van der Waals surface area contributed by atoms with Crippen molar-refractivity contribution >= 4 is 61.1 Å². The van der Waals surface area contributed by atoms with E-state index in [0.29, 0.717) is 27.5 Å². The van der Waals surface area contributed by atoms with Gasteiger partial charge in [-0.3, -0.25) is 25.2 Å². The number of hydrogen-bond acceptors (Lipinski definition) is 6. The van der Waals surface area contributed by atoms with Crippen LogP contribution in [0.25, 0.3) is 10.2 Å². The molecule has 0 radical (unpaired) electrons. The lowest BCUT2D eigenvalue weighted by Gasteiger charge is -2.12. The Balaban J connectivity index is 1.56. The fourth-order valence-corrected chi connectivity index (χ4v) is 4.58. The molecule has 1 atom stereocenters. The Bertz CT molecular complexity index is 1100. The van der Waals surface area contributed by atoms with Gasteiger partial charge in [-0.1, -0.05) is 0 Å². The fourth-order valence-electron chi connectivity index (χ4n) is 2.43. The van der Waals surface area contributed by atoms with Crippen LogP contribution in [0.2, 0.25) is 0 Å². The molecule has 3 heterocycles. The van der Waals surface area contributed by atoms with Crippen molar-refractivity contribution in [2.75, 3.05) is 0 Å². The highest BCUT2D eigenvalue weighted by molar-refractivity contribution is 9.10. The van der Waals surface area contributed by atoms with Crippen LogP contribution in [0.4, 0.5) is 0 Å². The lowest BCUT2D eigenvalue weighted by atomic mass is 10.2. The Hall–Kier alpha value is -2.11. The molecule has 1 unspecified atom stereocenters. The van der Waals surface area contributed by atoms with Crippen molar-refractivity contribution in [3.8, 4) is 0 Å². The molecule has 0 aliphatic rings. The normalized spacial score (nSPS) is 12.1. The van der Waals surface area contributed by atoms with Crippen molar-refractivity contribution in [2.45, 2.75) is 31.8 Å². The minimum Gasteiger partial charge on any atom is -0.356 e. The summed E-state index contributed by atoms with van der Waals surface area (Å²) < 4.78 is 0.738. The van der Waals surface area contributed by atoms with Crippen LogP contribution in [0.15, 0.2) is 21.5 Å². The number of carbonyl (C=O) groups excluding carboxylic acids is 2. The number of thioether (sulfide) groups is 1. The zero-order chi connectivity index (χ0) is 20.4. The Morgan fingerprint density at radius 3 is 2.79 bits per heavy atom. The molecule has 8 nitrogen and oxygen atoms in total. The van der Waals surface area contributed by atoms with Gasteiger partial charge in [-0.2, -0.15) is 0 Å². The number of aryl methyl sites for hydroxylation is 2. The predicted molar refractivity (Wildman–Crippen MR) is 115 cm³/mol. The first-order valence-corrected chi connectivity index (χ1v) is 11.0. The molecule has 148 valence electrons. The standard InChI is InChI=1S/C17H18BrN5O3S2/c1-7-8(2)28-17-13(7)16(26)20-12(21-17)6-27-9(3)14(24)22-23-15(25)11-4-10(18)5-19-11/h4-5,9,19H,6H2,1-3H3,(H,22,24)(H,23,25)(H,20,21,26). The number of fused-ring (bicyclic) bond motifs is 1. The number of hydrazine groups is 1. The highest BCUT2D eigenvalue weighted by Gasteiger charge is 2.17. The molecular formula is C17H18BrN5O3S2. The summed E-state index contributed by atoms with van der Waals surface area (Å²) >= 11 is 6.04. The molecule has 0 fully saturated rings. The molecule has 4 N–H and O–H groups in total. The van der Waals surface area contributed by atoms with Gasteiger partial charge in [0.25, 0.3) is 17.4 Å². The van der Waals surface area contributed by atoms with Gasteiger partial charge in [-0.15, -0.1) is 23.1 Å². The van der Waals surface area contributed by atoms with E-state index in [1.807, 2.05) is 13.8 Å². The van der Waals surface area contributed by atoms with E-state index in [-0.39, 0.29) is 11.5 Å². The number of halogens is 1. The molecule has 0 spiro atoms. The Kier molecular flexibility index (Phi) is 6.26. The predicted octanol–water partition coefficient (Wildman–Crippen LogP) is 2.77. The number of carbonyl (C=O) groups is 2. The molecule has 3 aromatic heterocycles. The second kappa shape index (κ2) is 8.50. The van der Waals surface area contributed by atoms with Crippen molar-refractivity contribution < 1.29 is 9.59 Å². The van der Waals surface area contributed by atoms with Crippen LogP contribution in [-0.4, -0.2) is 32.0 Å². The van der Waals surface area contributed by atoms with Crippen LogP contribution in [0.5, 0.6) is 0 Å². The number of rotatable bonds is 5. The molecular weight excluding hydrogens is 466 g/mol. The molecule has 0 aromatic carbocycles. The third-order valence-corrected chi connectivity index (χ3v) is 6.83. The molecule has 28 heavy (non-hydrogen) atoms. The molecule has 3 rings (SSSR count). The quantitative estimate of drug-likeness (QED) is 0.416. The van der Waals surface area contributed by atoms with Gasteiger partial charge in [0.1, 0.15) is 16.3 Å². The highest BCUT2D eigenvalue weighted by atomic mass is 79.9. The van der Waals surface area contributed by atoms with Crippen molar-refractivity contribution in [3.63, 3.8) is 0 Å². The number of amides is 2. The number of aromatic amines is 2. The van der Waals surface area contributed by atoms with Gasteiger partial charge in [-0.05, 0) is 48.3 Å². The number of nitrogens with one attached hydrogen (secondary N) is 4. The smallest absolute Gasteiger partial charge is 0.286 e. The molecule has 0 bridgehead atoms. The summed E-state index contributed by atoms with van der Waals surface area (Å²) in [5.41, 5.74) is 5.86. The van der Waals surface area contributed by atoms with E-state index in [1.54, 1.807) is 19.2 Å². The van der Waals surface area contributed by atoms with E-state index >= 15 is 0 Å².